The summed E-state index contributed by atoms with van der Waals surface area (Å²) in [6.07, 6.45) is 1.26. The lowest BCUT2D eigenvalue weighted by Crippen LogP contribution is -2.31. The molecule has 2 N–H and O–H groups in total. The fraction of sp³-hybridized carbons (Fsp3) is 0.500. The molecule has 1 aromatic carbocycles. The van der Waals surface area contributed by atoms with E-state index in [1.807, 2.05) is 12.1 Å². The van der Waals surface area contributed by atoms with Gasteiger partial charge >= 0.3 is 0 Å². The van der Waals surface area contributed by atoms with Crippen LogP contribution in [0.2, 0.25) is 0 Å². The Labute approximate surface area is 112 Å². The third-order valence-electron chi connectivity index (χ3n) is 3.16. The highest BCUT2D eigenvalue weighted by atomic mass is 16.5. The summed E-state index contributed by atoms with van der Waals surface area (Å²) in [5.41, 5.74) is 2.07. The summed E-state index contributed by atoms with van der Waals surface area (Å²) in [6, 6.07) is 5.55. The van der Waals surface area contributed by atoms with Crippen molar-refractivity contribution in [2.75, 3.05) is 26.9 Å². The zero-order chi connectivity index (χ0) is 13.7. The van der Waals surface area contributed by atoms with Gasteiger partial charge in [0.05, 0.1) is 12.7 Å². The number of amides is 1. The number of aryl methyl sites for hydroxylation is 1. The lowest BCUT2D eigenvalue weighted by atomic mass is 10.1. The van der Waals surface area contributed by atoms with Crippen molar-refractivity contribution in [3.05, 3.63) is 29.3 Å². The molecule has 0 aromatic heterocycles. The molecule has 104 valence electrons. The smallest absolute Gasteiger partial charge is 0.258 e. The maximum absolute atomic E-state index is 11.4. The van der Waals surface area contributed by atoms with E-state index in [4.69, 9.17) is 9.47 Å². The van der Waals surface area contributed by atoms with Crippen molar-refractivity contribution < 1.29 is 19.4 Å². The van der Waals surface area contributed by atoms with Gasteiger partial charge in [0.15, 0.2) is 6.61 Å². The van der Waals surface area contributed by atoms with Crippen molar-refractivity contribution in [3.8, 4) is 5.75 Å². The van der Waals surface area contributed by atoms with Crippen LogP contribution >= 0.6 is 0 Å². The molecular weight excluding hydrogens is 246 g/mol. The first kappa shape index (κ1) is 13.8. The van der Waals surface area contributed by atoms with Crippen LogP contribution in [0.5, 0.6) is 5.75 Å². The van der Waals surface area contributed by atoms with Crippen LogP contribution in [-0.4, -0.2) is 37.9 Å². The van der Waals surface area contributed by atoms with Crippen LogP contribution in [0.15, 0.2) is 18.2 Å². The molecule has 0 radical (unpaired) electrons. The zero-order valence-electron chi connectivity index (χ0n) is 11.0. The molecule has 1 aromatic rings. The van der Waals surface area contributed by atoms with Gasteiger partial charge in [-0.25, -0.2) is 0 Å². The summed E-state index contributed by atoms with van der Waals surface area (Å²) in [5, 5.41) is 12.4. The predicted octanol–water partition coefficient (Wildman–Crippen LogP) is 0.808. The Morgan fingerprint density at radius 1 is 1.53 bits per heavy atom. The number of fused-ring (bicyclic) bond motifs is 1. The average molecular weight is 265 g/mol. The van der Waals surface area contributed by atoms with Gasteiger partial charge in [-0.15, -0.1) is 0 Å². The van der Waals surface area contributed by atoms with Crippen molar-refractivity contribution in [2.45, 2.75) is 18.9 Å². The van der Waals surface area contributed by atoms with E-state index in [0.717, 1.165) is 24.0 Å². The van der Waals surface area contributed by atoms with Gasteiger partial charge in [-0.1, -0.05) is 6.07 Å². The highest BCUT2D eigenvalue weighted by molar-refractivity contribution is 5.77. The number of nitrogens with one attached hydrogen (secondary N) is 1. The van der Waals surface area contributed by atoms with Gasteiger partial charge in [0, 0.05) is 13.7 Å². The number of hydrogen-bond acceptors (Lipinski definition) is 4. The molecule has 2 rings (SSSR count). The molecule has 0 aliphatic heterocycles. The SMILES string of the molecule is COCCNC(=O)COc1ccc2c(c1)CC[C@@H]2O. The van der Waals surface area contributed by atoms with E-state index in [9.17, 15) is 9.90 Å². The highest BCUT2D eigenvalue weighted by Gasteiger charge is 2.20. The number of aliphatic hydroxyl groups is 1. The summed E-state index contributed by atoms with van der Waals surface area (Å²) < 4.78 is 10.3. The zero-order valence-corrected chi connectivity index (χ0v) is 11.0. The number of rotatable bonds is 6. The molecule has 0 heterocycles. The van der Waals surface area contributed by atoms with Crippen molar-refractivity contribution >= 4 is 5.91 Å². The minimum atomic E-state index is -0.360. The molecule has 1 atom stereocenters. The van der Waals surface area contributed by atoms with Crippen molar-refractivity contribution in [3.63, 3.8) is 0 Å². The van der Waals surface area contributed by atoms with Crippen LogP contribution in [0.3, 0.4) is 0 Å². The van der Waals surface area contributed by atoms with Gasteiger partial charge < -0.3 is 19.9 Å². The molecule has 0 unspecified atom stereocenters. The van der Waals surface area contributed by atoms with Crippen molar-refractivity contribution in [1.82, 2.24) is 5.32 Å². The number of ether oxygens (including phenoxy) is 2. The number of carbonyl (C=O) groups excluding carboxylic acids is 1. The third kappa shape index (κ3) is 3.68. The van der Waals surface area contributed by atoms with Gasteiger partial charge in [-0.05, 0) is 36.1 Å². The van der Waals surface area contributed by atoms with Crippen LogP contribution in [0, 0.1) is 0 Å². The molecule has 5 heteroatoms. The summed E-state index contributed by atoms with van der Waals surface area (Å²) >= 11 is 0. The van der Waals surface area contributed by atoms with E-state index >= 15 is 0 Å². The Bertz CT molecular complexity index is 447. The van der Waals surface area contributed by atoms with Crippen LogP contribution in [0.25, 0.3) is 0 Å². The normalized spacial score (nSPS) is 17.1. The first-order valence-electron chi connectivity index (χ1n) is 6.40. The Morgan fingerprint density at radius 3 is 3.16 bits per heavy atom. The van der Waals surface area contributed by atoms with Crippen molar-refractivity contribution in [1.29, 1.82) is 0 Å². The predicted molar refractivity (Wildman–Crippen MR) is 70.1 cm³/mol. The highest BCUT2D eigenvalue weighted by Crippen LogP contribution is 2.33. The van der Waals surface area contributed by atoms with E-state index in [2.05, 4.69) is 5.32 Å². The fourth-order valence-corrected chi connectivity index (χ4v) is 2.15. The summed E-state index contributed by atoms with van der Waals surface area (Å²) in [7, 11) is 1.58. The Morgan fingerprint density at radius 2 is 2.37 bits per heavy atom. The number of hydrogen-bond donors (Lipinski definition) is 2. The number of carbonyl (C=O) groups is 1. The Balaban J connectivity index is 1.82. The van der Waals surface area contributed by atoms with E-state index in [1.54, 1.807) is 13.2 Å². The van der Waals surface area contributed by atoms with Crippen LogP contribution in [-0.2, 0) is 16.0 Å². The standard InChI is InChI=1S/C14H19NO4/c1-18-7-6-15-14(17)9-19-11-3-4-12-10(8-11)2-5-13(12)16/h3-4,8,13,16H,2,5-7,9H2,1H3,(H,15,17)/t13-/m0/s1. The van der Waals surface area contributed by atoms with Crippen molar-refractivity contribution in [2.24, 2.45) is 0 Å². The largest absolute Gasteiger partial charge is 0.484 e. The van der Waals surface area contributed by atoms with E-state index in [-0.39, 0.29) is 18.6 Å². The summed E-state index contributed by atoms with van der Waals surface area (Å²) in [5.74, 6) is 0.493. The van der Waals surface area contributed by atoms with Crippen LogP contribution in [0.1, 0.15) is 23.7 Å². The minimum absolute atomic E-state index is 0.00887. The van der Waals surface area contributed by atoms with Crippen LogP contribution in [0.4, 0.5) is 0 Å². The minimum Gasteiger partial charge on any atom is -0.484 e. The van der Waals surface area contributed by atoms with Crippen LogP contribution < -0.4 is 10.1 Å². The molecule has 1 aliphatic rings. The monoisotopic (exact) mass is 265 g/mol. The van der Waals surface area contributed by atoms with Gasteiger partial charge in [-0.2, -0.15) is 0 Å². The molecule has 5 nitrogen and oxygen atoms in total. The molecule has 0 saturated heterocycles. The molecule has 0 bridgehead atoms. The molecule has 0 fully saturated rings. The lowest BCUT2D eigenvalue weighted by molar-refractivity contribution is -0.123. The number of benzene rings is 1. The first-order chi connectivity index (χ1) is 9.20. The summed E-state index contributed by atoms with van der Waals surface area (Å²) in [6.45, 7) is 0.961. The Kier molecular flexibility index (Phi) is 4.76. The molecule has 0 spiro atoms. The van der Waals surface area contributed by atoms with E-state index in [1.165, 1.54) is 0 Å². The molecule has 0 saturated carbocycles. The lowest BCUT2D eigenvalue weighted by Gasteiger charge is -2.09. The fourth-order valence-electron chi connectivity index (χ4n) is 2.15. The second kappa shape index (κ2) is 6.54. The summed E-state index contributed by atoms with van der Waals surface area (Å²) in [4.78, 5) is 11.4. The number of methoxy groups -OCH3 is 1. The van der Waals surface area contributed by atoms with Gasteiger partial charge in [0.1, 0.15) is 5.75 Å². The molecule has 1 amide bonds. The van der Waals surface area contributed by atoms with E-state index in [0.29, 0.717) is 18.9 Å². The van der Waals surface area contributed by atoms with E-state index < -0.39 is 0 Å². The third-order valence-corrected chi connectivity index (χ3v) is 3.16. The van der Waals surface area contributed by atoms with Gasteiger partial charge in [0.2, 0.25) is 0 Å². The van der Waals surface area contributed by atoms with Gasteiger partial charge in [-0.3, -0.25) is 4.79 Å². The Hall–Kier alpha value is -1.59. The number of aliphatic hydroxyl groups excluding tert-OH is 1. The maximum atomic E-state index is 11.4. The topological polar surface area (TPSA) is 67.8 Å². The molecule has 1 aliphatic carbocycles. The second-order valence-electron chi connectivity index (χ2n) is 4.55. The quantitative estimate of drug-likeness (QED) is 0.747. The maximum Gasteiger partial charge on any atom is 0.258 e. The molecule has 19 heavy (non-hydrogen) atoms. The first-order valence-corrected chi connectivity index (χ1v) is 6.40. The van der Waals surface area contributed by atoms with Gasteiger partial charge in [0.25, 0.3) is 5.91 Å². The average Bonchev–Trinajstić information content (AvgIpc) is 2.78. The molecular formula is C14H19NO4. The second-order valence-corrected chi connectivity index (χ2v) is 4.55.